The van der Waals surface area contributed by atoms with E-state index in [0.717, 1.165) is 30.8 Å². The van der Waals surface area contributed by atoms with Gasteiger partial charge in [-0.1, -0.05) is 19.1 Å². The Labute approximate surface area is 177 Å². The molecule has 11 nitrogen and oxygen atoms in total. The summed E-state index contributed by atoms with van der Waals surface area (Å²) in [6.07, 6.45) is 3.62. The number of hydrogen-bond acceptors (Lipinski definition) is 9. The summed E-state index contributed by atoms with van der Waals surface area (Å²) in [5.74, 6) is -0.170. The Kier molecular flexibility index (Phi) is 7.25. The number of nitrogens with two attached hydrogens (primary N) is 1. The van der Waals surface area contributed by atoms with Crippen molar-refractivity contribution in [3.05, 3.63) is 33.3 Å². The first kappa shape index (κ1) is 21.6. The first-order valence-electron chi connectivity index (χ1n) is 9.79. The molecule has 1 amide bonds. The van der Waals surface area contributed by atoms with Crippen LogP contribution in [0.15, 0.2) is 21.9 Å². The van der Waals surface area contributed by atoms with Gasteiger partial charge >= 0.3 is 0 Å². The van der Waals surface area contributed by atoms with Crippen molar-refractivity contribution in [2.24, 2.45) is 5.10 Å². The number of hydrazone groups is 1. The van der Waals surface area contributed by atoms with Crippen LogP contribution < -0.4 is 16.1 Å². The minimum Gasteiger partial charge on any atom is -0.378 e. The Hall–Kier alpha value is -3.12. The van der Waals surface area contributed by atoms with E-state index in [0.29, 0.717) is 12.2 Å². The van der Waals surface area contributed by atoms with E-state index < -0.39 is 5.91 Å². The lowest BCUT2D eigenvalue weighted by Crippen LogP contribution is -3.10. The fraction of sp³-hybridized carbons (Fsp3) is 0.444. The summed E-state index contributed by atoms with van der Waals surface area (Å²) >= 11 is 1.59. The minimum absolute atomic E-state index is 0.0757. The monoisotopic (exact) mass is 432 g/mol. The van der Waals surface area contributed by atoms with E-state index in [1.54, 1.807) is 17.6 Å². The molecule has 0 aliphatic carbocycles. The molecule has 4 N–H and O–H groups in total. The maximum absolute atomic E-state index is 12.8. The van der Waals surface area contributed by atoms with Gasteiger partial charge in [0.2, 0.25) is 11.6 Å². The number of nitrogens with zero attached hydrogens (tertiary/aromatic N) is 6. The molecule has 30 heavy (non-hydrogen) atoms. The largest absolute Gasteiger partial charge is 0.378 e. The molecule has 0 fully saturated rings. The standard InChI is InChI=1S/C18H25N9O2S/c1-4-8-26(9-5-2)11-14-15(21-25-27(14)17-16(19)23-29-24-17)18(28)22-20-10-13-7-6-12(3)30-13/h6-7,10H,4-5,8-9,11H2,1-3H3,(H2,19,23)(H,22,28)/p+1. The van der Waals surface area contributed by atoms with Gasteiger partial charge in [0.25, 0.3) is 5.91 Å². The van der Waals surface area contributed by atoms with Gasteiger partial charge in [0.1, 0.15) is 12.2 Å². The zero-order chi connectivity index (χ0) is 21.5. The van der Waals surface area contributed by atoms with Crippen LogP contribution in [0.2, 0.25) is 0 Å². The second-order valence-electron chi connectivity index (χ2n) is 6.84. The number of anilines is 1. The quantitative estimate of drug-likeness (QED) is 0.314. The summed E-state index contributed by atoms with van der Waals surface area (Å²) < 4.78 is 6.11. The number of rotatable bonds is 10. The number of amides is 1. The van der Waals surface area contributed by atoms with Gasteiger partial charge in [-0.05, 0) is 42.2 Å². The van der Waals surface area contributed by atoms with E-state index in [9.17, 15) is 4.79 Å². The van der Waals surface area contributed by atoms with E-state index in [-0.39, 0.29) is 17.3 Å². The highest BCUT2D eigenvalue weighted by molar-refractivity contribution is 7.13. The van der Waals surface area contributed by atoms with Crippen molar-refractivity contribution in [3.8, 4) is 5.82 Å². The first-order valence-corrected chi connectivity index (χ1v) is 10.6. The summed E-state index contributed by atoms with van der Waals surface area (Å²) in [6, 6.07) is 3.93. The van der Waals surface area contributed by atoms with Gasteiger partial charge < -0.3 is 10.6 Å². The zero-order valence-corrected chi connectivity index (χ0v) is 18.1. The molecule has 160 valence electrons. The Morgan fingerprint density at radius 3 is 2.70 bits per heavy atom. The predicted molar refractivity (Wildman–Crippen MR) is 113 cm³/mol. The first-order chi connectivity index (χ1) is 14.5. The second-order valence-corrected chi connectivity index (χ2v) is 8.16. The van der Waals surface area contributed by atoms with Crippen molar-refractivity contribution in [3.63, 3.8) is 0 Å². The molecule has 0 atom stereocenters. The number of aryl methyl sites for hydroxylation is 1. The fourth-order valence-corrected chi connectivity index (χ4v) is 3.87. The molecule has 0 saturated heterocycles. The van der Waals surface area contributed by atoms with Crippen LogP contribution in [-0.2, 0) is 6.54 Å². The molecule has 0 aliphatic heterocycles. The van der Waals surface area contributed by atoms with Gasteiger partial charge in [-0.3, -0.25) is 4.79 Å². The summed E-state index contributed by atoms with van der Waals surface area (Å²) in [7, 11) is 0. The molecule has 0 spiro atoms. The predicted octanol–water partition coefficient (Wildman–Crippen LogP) is 0.571. The molecule has 3 heterocycles. The molecule has 3 aromatic heterocycles. The summed E-state index contributed by atoms with van der Waals surface area (Å²) in [6.45, 7) is 8.68. The smallest absolute Gasteiger partial charge is 0.294 e. The lowest BCUT2D eigenvalue weighted by atomic mass is 10.2. The van der Waals surface area contributed by atoms with Crippen LogP contribution in [0.4, 0.5) is 5.82 Å². The number of carbonyl (C=O) groups is 1. The van der Waals surface area contributed by atoms with E-state index in [1.165, 1.54) is 14.5 Å². The van der Waals surface area contributed by atoms with Gasteiger partial charge in [0.15, 0.2) is 5.69 Å². The Balaban J connectivity index is 1.87. The second kappa shape index (κ2) is 10.1. The molecular weight excluding hydrogens is 406 g/mol. The highest BCUT2D eigenvalue weighted by Crippen LogP contribution is 2.15. The van der Waals surface area contributed by atoms with Crippen molar-refractivity contribution in [1.29, 1.82) is 0 Å². The number of hydrogen-bond donors (Lipinski definition) is 3. The third-order valence-electron chi connectivity index (χ3n) is 4.42. The maximum atomic E-state index is 12.8. The van der Waals surface area contributed by atoms with Crippen molar-refractivity contribution in [2.45, 2.75) is 40.2 Å². The molecule has 0 aliphatic rings. The van der Waals surface area contributed by atoms with Crippen molar-refractivity contribution in [2.75, 3.05) is 18.8 Å². The van der Waals surface area contributed by atoms with Crippen LogP contribution in [0.3, 0.4) is 0 Å². The number of carbonyl (C=O) groups excluding carboxylic acids is 1. The Morgan fingerprint density at radius 1 is 1.33 bits per heavy atom. The van der Waals surface area contributed by atoms with E-state index in [4.69, 9.17) is 10.4 Å². The average Bonchev–Trinajstić information content (AvgIpc) is 3.42. The number of aromatic nitrogens is 5. The molecule has 0 unspecified atom stereocenters. The SMILES string of the molecule is CCC[NH+](CCC)Cc1c(C(=O)NN=Cc2ccc(C)s2)nnn1-c1nonc1N. The molecule has 3 aromatic rings. The van der Waals surface area contributed by atoms with E-state index in [1.807, 2.05) is 19.1 Å². The van der Waals surface area contributed by atoms with Gasteiger partial charge in [-0.15, -0.1) is 16.4 Å². The highest BCUT2D eigenvalue weighted by Gasteiger charge is 2.26. The summed E-state index contributed by atoms with van der Waals surface area (Å²) in [5, 5.41) is 19.6. The molecule has 0 bridgehead atoms. The molecule has 0 radical (unpaired) electrons. The van der Waals surface area contributed by atoms with Crippen LogP contribution in [0.1, 0.15) is 52.6 Å². The normalized spacial score (nSPS) is 11.6. The molecular formula is C18H26N9O2S+. The van der Waals surface area contributed by atoms with E-state index >= 15 is 0 Å². The van der Waals surface area contributed by atoms with Gasteiger partial charge in [-0.2, -0.15) is 9.78 Å². The Morgan fingerprint density at radius 2 is 2.10 bits per heavy atom. The van der Waals surface area contributed by atoms with Crippen LogP contribution in [0.5, 0.6) is 0 Å². The molecule has 0 saturated carbocycles. The van der Waals surface area contributed by atoms with E-state index in [2.05, 4.69) is 45.0 Å². The van der Waals surface area contributed by atoms with Crippen LogP contribution in [-0.4, -0.2) is 50.5 Å². The van der Waals surface area contributed by atoms with Crippen molar-refractivity contribution >= 4 is 29.3 Å². The highest BCUT2D eigenvalue weighted by atomic mass is 32.1. The molecule has 12 heteroatoms. The van der Waals surface area contributed by atoms with Gasteiger partial charge in [0, 0.05) is 9.75 Å². The van der Waals surface area contributed by atoms with Crippen molar-refractivity contribution < 1.29 is 14.3 Å². The maximum Gasteiger partial charge on any atom is 0.294 e. The number of thiophene rings is 1. The van der Waals surface area contributed by atoms with Crippen LogP contribution in [0.25, 0.3) is 5.82 Å². The zero-order valence-electron chi connectivity index (χ0n) is 17.3. The lowest BCUT2D eigenvalue weighted by molar-refractivity contribution is -0.914. The lowest BCUT2D eigenvalue weighted by Gasteiger charge is -2.18. The summed E-state index contributed by atoms with van der Waals surface area (Å²) in [5.41, 5.74) is 9.11. The number of quaternary nitrogens is 1. The van der Waals surface area contributed by atoms with Crippen LogP contribution >= 0.6 is 11.3 Å². The third-order valence-corrected chi connectivity index (χ3v) is 5.35. The fourth-order valence-electron chi connectivity index (χ4n) is 3.12. The van der Waals surface area contributed by atoms with Gasteiger partial charge in [-0.25, -0.2) is 10.1 Å². The third kappa shape index (κ3) is 5.07. The molecule has 3 rings (SSSR count). The molecule has 0 aromatic carbocycles. The average molecular weight is 433 g/mol. The van der Waals surface area contributed by atoms with Gasteiger partial charge in [0.05, 0.1) is 19.3 Å². The number of nitrogen functional groups attached to an aromatic ring is 1. The minimum atomic E-state index is -0.455. The summed E-state index contributed by atoms with van der Waals surface area (Å²) in [4.78, 5) is 16.2. The number of nitrogens with one attached hydrogen (secondary N) is 2. The van der Waals surface area contributed by atoms with Crippen molar-refractivity contribution in [1.82, 2.24) is 30.7 Å². The topological polar surface area (TPSA) is 142 Å². The Bertz CT molecular complexity index is 1000. The van der Waals surface area contributed by atoms with Crippen LogP contribution in [0, 0.1) is 6.92 Å².